The van der Waals surface area contributed by atoms with Crippen LogP contribution < -0.4 is 0 Å². The van der Waals surface area contributed by atoms with Crippen molar-refractivity contribution >= 4 is 34.5 Å². The van der Waals surface area contributed by atoms with E-state index >= 15 is 0 Å². The molecule has 0 N–H and O–H groups in total. The molecule has 0 aromatic heterocycles. The molecule has 0 radical (unpaired) electrons. The predicted octanol–water partition coefficient (Wildman–Crippen LogP) is 3.26. The minimum Gasteiger partial charge on any atom is -0.294 e. The van der Waals surface area contributed by atoms with Crippen LogP contribution in [0.2, 0.25) is 0 Å². The van der Waals surface area contributed by atoms with Gasteiger partial charge in [-0.05, 0) is 11.6 Å². The third-order valence-corrected chi connectivity index (χ3v) is 2.36. The number of hydrogen-bond acceptors (Lipinski definition) is 1. The predicted molar refractivity (Wildman–Crippen MR) is 68.5 cm³/mol. The van der Waals surface area contributed by atoms with Gasteiger partial charge in [0.25, 0.3) is 0 Å². The Balaban J connectivity index is 2.50. The molecular formula is C12H11IO. The first-order valence-electron chi connectivity index (χ1n) is 4.31. The number of benzene rings is 1. The number of allylic oxidation sites excluding steroid dienone is 3. The summed E-state index contributed by atoms with van der Waals surface area (Å²) >= 11 is 2.05. The maximum Gasteiger partial charge on any atom is 0.165 e. The second-order valence-electron chi connectivity index (χ2n) is 2.73. The fourth-order valence-corrected chi connectivity index (χ4v) is 1.19. The molecule has 0 saturated carbocycles. The molecule has 0 heterocycles. The van der Waals surface area contributed by atoms with Crippen molar-refractivity contribution in [1.29, 1.82) is 0 Å². The van der Waals surface area contributed by atoms with Gasteiger partial charge in [-0.25, -0.2) is 0 Å². The molecule has 0 aliphatic heterocycles. The van der Waals surface area contributed by atoms with Crippen molar-refractivity contribution in [1.82, 2.24) is 0 Å². The minimum atomic E-state index is 0.142. The number of carbonyl (C=O) groups excluding carboxylic acids is 1. The van der Waals surface area contributed by atoms with Gasteiger partial charge in [0, 0.05) is 0 Å². The average Bonchev–Trinajstić information content (AvgIpc) is 2.25. The lowest BCUT2D eigenvalue weighted by molar-refractivity contribution is -0.112. The normalized spacial score (nSPS) is 11.2. The van der Waals surface area contributed by atoms with E-state index in [0.717, 1.165) is 5.56 Å². The molecule has 1 aromatic rings. The van der Waals surface area contributed by atoms with E-state index in [2.05, 4.69) is 22.6 Å². The Morgan fingerprint density at radius 1 is 1.21 bits per heavy atom. The third-order valence-electron chi connectivity index (χ3n) is 1.61. The van der Waals surface area contributed by atoms with Gasteiger partial charge in [-0.15, -0.1) is 0 Å². The molecule has 0 unspecified atom stereocenters. The van der Waals surface area contributed by atoms with Crippen LogP contribution in [0.25, 0.3) is 6.08 Å². The quantitative estimate of drug-likeness (QED) is 0.361. The smallest absolute Gasteiger partial charge is 0.165 e. The first kappa shape index (κ1) is 11.2. The zero-order valence-electron chi connectivity index (χ0n) is 7.69. The van der Waals surface area contributed by atoms with Crippen LogP contribution in [0.5, 0.6) is 0 Å². The first-order chi connectivity index (χ1) is 6.83. The zero-order valence-corrected chi connectivity index (χ0v) is 9.85. The summed E-state index contributed by atoms with van der Waals surface area (Å²) in [6, 6.07) is 9.99. The molecule has 0 atom stereocenters. The van der Waals surface area contributed by atoms with Crippen molar-refractivity contribution in [3.05, 3.63) is 54.1 Å². The van der Waals surface area contributed by atoms with Crippen molar-refractivity contribution < 1.29 is 4.79 Å². The van der Waals surface area contributed by atoms with Crippen LogP contribution in [0.1, 0.15) is 5.56 Å². The van der Waals surface area contributed by atoms with Crippen LogP contribution in [0.4, 0.5) is 0 Å². The topological polar surface area (TPSA) is 17.1 Å². The Kier molecular flexibility index (Phi) is 5.22. The monoisotopic (exact) mass is 298 g/mol. The maximum atomic E-state index is 10.9. The summed E-state index contributed by atoms with van der Waals surface area (Å²) in [6.07, 6.45) is 7.20. The van der Waals surface area contributed by atoms with Crippen LogP contribution in [-0.2, 0) is 4.79 Å². The highest BCUT2D eigenvalue weighted by atomic mass is 127. The Labute approximate surface area is 97.7 Å². The summed E-state index contributed by atoms with van der Waals surface area (Å²) in [5.74, 6) is 0.142. The number of carbonyl (C=O) groups is 1. The van der Waals surface area contributed by atoms with E-state index in [9.17, 15) is 4.79 Å². The van der Waals surface area contributed by atoms with Crippen molar-refractivity contribution in [2.45, 2.75) is 0 Å². The summed E-state index contributed by atoms with van der Waals surface area (Å²) < 4.78 is 0.535. The molecule has 1 nitrogen and oxygen atoms in total. The molecule has 0 spiro atoms. The van der Waals surface area contributed by atoms with Crippen LogP contribution in [0.15, 0.2) is 48.6 Å². The SMILES string of the molecule is O=C(/C=C/C=C/c1ccccc1)CI. The molecule has 72 valence electrons. The lowest BCUT2D eigenvalue weighted by atomic mass is 10.2. The number of ketones is 1. The Bertz CT molecular complexity index is 339. The summed E-state index contributed by atoms with van der Waals surface area (Å²) in [7, 11) is 0. The second-order valence-corrected chi connectivity index (χ2v) is 3.49. The molecule has 0 aliphatic carbocycles. The van der Waals surface area contributed by atoms with E-state index in [-0.39, 0.29) is 5.78 Å². The lowest BCUT2D eigenvalue weighted by Gasteiger charge is -1.88. The fraction of sp³-hybridized carbons (Fsp3) is 0.0833. The molecule has 0 saturated heterocycles. The van der Waals surface area contributed by atoms with Crippen LogP contribution >= 0.6 is 22.6 Å². The van der Waals surface area contributed by atoms with E-state index in [4.69, 9.17) is 0 Å². The van der Waals surface area contributed by atoms with E-state index in [1.165, 1.54) is 0 Å². The molecule has 1 aromatic carbocycles. The van der Waals surface area contributed by atoms with Crippen molar-refractivity contribution in [2.24, 2.45) is 0 Å². The number of rotatable bonds is 4. The maximum absolute atomic E-state index is 10.9. The average molecular weight is 298 g/mol. The first-order valence-corrected chi connectivity index (χ1v) is 5.84. The number of hydrogen-bond donors (Lipinski definition) is 0. The van der Waals surface area contributed by atoms with E-state index in [1.54, 1.807) is 12.2 Å². The number of alkyl halides is 1. The largest absolute Gasteiger partial charge is 0.294 e. The van der Waals surface area contributed by atoms with Gasteiger partial charge in [0.05, 0.1) is 4.43 Å². The fourth-order valence-electron chi connectivity index (χ4n) is 0.938. The van der Waals surface area contributed by atoms with Crippen LogP contribution in [0.3, 0.4) is 0 Å². The minimum absolute atomic E-state index is 0.142. The Hall–Kier alpha value is -0.900. The molecule has 14 heavy (non-hydrogen) atoms. The number of halogens is 1. The highest BCUT2D eigenvalue weighted by Gasteiger charge is 1.87. The molecule has 0 aliphatic rings. The zero-order chi connectivity index (χ0) is 10.2. The summed E-state index contributed by atoms with van der Waals surface area (Å²) in [6.45, 7) is 0. The van der Waals surface area contributed by atoms with Gasteiger partial charge in [-0.2, -0.15) is 0 Å². The lowest BCUT2D eigenvalue weighted by Crippen LogP contribution is -1.90. The van der Waals surface area contributed by atoms with Crippen molar-refractivity contribution in [2.75, 3.05) is 4.43 Å². The summed E-state index contributed by atoms with van der Waals surface area (Å²) in [4.78, 5) is 10.9. The van der Waals surface area contributed by atoms with E-state index in [0.29, 0.717) is 4.43 Å². The van der Waals surface area contributed by atoms with Crippen LogP contribution in [0, 0.1) is 0 Å². The van der Waals surface area contributed by atoms with Crippen molar-refractivity contribution in [3.63, 3.8) is 0 Å². The Morgan fingerprint density at radius 3 is 2.57 bits per heavy atom. The van der Waals surface area contributed by atoms with Gasteiger partial charge >= 0.3 is 0 Å². The van der Waals surface area contributed by atoms with Gasteiger partial charge in [0.15, 0.2) is 5.78 Å². The molecule has 2 heteroatoms. The standard InChI is InChI=1S/C12H11IO/c13-10-12(14)9-5-4-8-11-6-2-1-3-7-11/h1-9H,10H2/b8-4+,9-5+. The van der Waals surface area contributed by atoms with Gasteiger partial charge in [-0.1, -0.05) is 71.2 Å². The molecule has 1 rings (SSSR count). The van der Waals surface area contributed by atoms with Gasteiger partial charge in [0.2, 0.25) is 0 Å². The summed E-state index contributed by atoms with van der Waals surface area (Å²) in [5, 5.41) is 0. The highest BCUT2D eigenvalue weighted by Crippen LogP contribution is 2.00. The van der Waals surface area contributed by atoms with E-state index in [1.807, 2.05) is 42.5 Å². The summed E-state index contributed by atoms with van der Waals surface area (Å²) in [5.41, 5.74) is 1.14. The highest BCUT2D eigenvalue weighted by molar-refractivity contribution is 14.1. The van der Waals surface area contributed by atoms with Crippen LogP contribution in [-0.4, -0.2) is 10.2 Å². The Morgan fingerprint density at radius 2 is 1.93 bits per heavy atom. The second kappa shape index (κ2) is 6.54. The molecular weight excluding hydrogens is 287 g/mol. The van der Waals surface area contributed by atoms with E-state index < -0.39 is 0 Å². The molecule has 0 fully saturated rings. The van der Waals surface area contributed by atoms with Crippen molar-refractivity contribution in [3.8, 4) is 0 Å². The molecule has 0 amide bonds. The van der Waals surface area contributed by atoms with Gasteiger partial charge < -0.3 is 0 Å². The third kappa shape index (κ3) is 4.37. The van der Waals surface area contributed by atoms with Gasteiger partial charge in [-0.3, -0.25) is 4.79 Å². The molecule has 0 bridgehead atoms. The van der Waals surface area contributed by atoms with Gasteiger partial charge in [0.1, 0.15) is 0 Å².